The number of rotatable bonds is 5. The van der Waals surface area contributed by atoms with E-state index in [-0.39, 0.29) is 11.7 Å². The third-order valence-corrected chi connectivity index (χ3v) is 3.49. The summed E-state index contributed by atoms with van der Waals surface area (Å²) in [4.78, 5) is 14.0. The van der Waals surface area contributed by atoms with Gasteiger partial charge in [-0.2, -0.15) is 0 Å². The minimum absolute atomic E-state index is 0.0527. The van der Waals surface area contributed by atoms with Crippen molar-refractivity contribution in [3.63, 3.8) is 0 Å². The van der Waals surface area contributed by atoms with Gasteiger partial charge in [0.2, 0.25) is 0 Å². The van der Waals surface area contributed by atoms with Crippen LogP contribution in [0.1, 0.15) is 6.42 Å². The molecule has 1 aliphatic rings. The first kappa shape index (κ1) is 13.1. The lowest BCUT2D eigenvalue weighted by atomic mass is 10.2. The second-order valence-corrected chi connectivity index (χ2v) is 4.68. The first-order valence-electron chi connectivity index (χ1n) is 6.27. The summed E-state index contributed by atoms with van der Waals surface area (Å²) >= 11 is 0. The fourth-order valence-electron chi connectivity index (χ4n) is 2.53. The maximum Gasteiger partial charge on any atom is 0.250 e. The maximum atomic E-state index is 11.7. The van der Waals surface area contributed by atoms with Crippen LogP contribution in [0.15, 0.2) is 41.8 Å². The van der Waals surface area contributed by atoms with E-state index in [1.807, 2.05) is 18.3 Å². The number of aromatic nitrogens is 1. The van der Waals surface area contributed by atoms with Crippen molar-refractivity contribution in [3.8, 4) is 0 Å². The number of methoxy groups -OCH3 is 1. The van der Waals surface area contributed by atoms with Crippen LogP contribution in [-0.4, -0.2) is 41.8 Å². The molecule has 4 nitrogen and oxygen atoms in total. The predicted octanol–water partition coefficient (Wildman–Crippen LogP) is 1.12. The van der Waals surface area contributed by atoms with Crippen molar-refractivity contribution < 1.29 is 4.74 Å². The zero-order valence-electron chi connectivity index (χ0n) is 10.8. The summed E-state index contributed by atoms with van der Waals surface area (Å²) in [6, 6.07) is 5.60. The first-order chi connectivity index (χ1) is 8.74. The lowest BCUT2D eigenvalue weighted by Gasteiger charge is -2.23. The molecule has 1 saturated heterocycles. The fourth-order valence-corrected chi connectivity index (χ4v) is 2.53. The summed E-state index contributed by atoms with van der Waals surface area (Å²) in [5, 5.41) is 0. The normalized spacial score (nSPS) is 24.3. The molecule has 1 fully saturated rings. The molecule has 1 unspecified atom stereocenters. The van der Waals surface area contributed by atoms with Crippen LogP contribution in [0.25, 0.3) is 0 Å². The quantitative estimate of drug-likeness (QED) is 0.732. The highest BCUT2D eigenvalue weighted by molar-refractivity contribution is 4.96. The Balaban J connectivity index is 2.09. The Morgan fingerprint density at radius 1 is 1.56 bits per heavy atom. The molecule has 0 spiro atoms. The van der Waals surface area contributed by atoms with E-state index < -0.39 is 0 Å². The topological polar surface area (TPSA) is 34.5 Å². The van der Waals surface area contributed by atoms with Crippen LogP contribution in [0.2, 0.25) is 0 Å². The summed E-state index contributed by atoms with van der Waals surface area (Å²) in [5.41, 5.74) is 0.0527. The largest absolute Gasteiger partial charge is 0.380 e. The zero-order valence-corrected chi connectivity index (χ0v) is 10.8. The molecule has 98 valence electrons. The van der Waals surface area contributed by atoms with Crippen LogP contribution in [0.4, 0.5) is 0 Å². The summed E-state index contributed by atoms with van der Waals surface area (Å²) in [7, 11) is 1.74. The Kier molecular flexibility index (Phi) is 4.33. The van der Waals surface area contributed by atoms with Gasteiger partial charge in [-0.05, 0) is 12.5 Å². The number of hydrogen-bond donors (Lipinski definition) is 0. The number of nitrogens with zero attached hydrogens (tertiary/aromatic N) is 2. The van der Waals surface area contributed by atoms with E-state index in [0.717, 1.165) is 19.5 Å². The van der Waals surface area contributed by atoms with E-state index in [1.54, 1.807) is 23.8 Å². The molecule has 0 bridgehead atoms. The van der Waals surface area contributed by atoms with E-state index in [1.165, 1.54) is 0 Å². The molecule has 2 rings (SSSR count). The number of hydrogen-bond acceptors (Lipinski definition) is 3. The number of pyridine rings is 1. The van der Waals surface area contributed by atoms with E-state index in [9.17, 15) is 4.79 Å². The average Bonchev–Trinajstić information content (AvgIpc) is 2.75. The van der Waals surface area contributed by atoms with Gasteiger partial charge in [0.15, 0.2) is 0 Å². The Bertz CT molecular complexity index is 455. The molecule has 2 heterocycles. The van der Waals surface area contributed by atoms with Crippen LogP contribution in [-0.2, 0) is 11.3 Å². The molecule has 1 aromatic rings. The smallest absolute Gasteiger partial charge is 0.250 e. The van der Waals surface area contributed by atoms with Gasteiger partial charge in [-0.25, -0.2) is 0 Å². The van der Waals surface area contributed by atoms with Crippen molar-refractivity contribution in [2.45, 2.75) is 25.1 Å². The molecule has 0 N–H and O–H groups in total. The molecule has 1 aromatic heterocycles. The molecular formula is C14H20N2O2. The Morgan fingerprint density at radius 3 is 3.06 bits per heavy atom. The fraction of sp³-hybridized carbons (Fsp3) is 0.500. The van der Waals surface area contributed by atoms with Crippen LogP contribution >= 0.6 is 0 Å². The first-order valence-corrected chi connectivity index (χ1v) is 6.27. The van der Waals surface area contributed by atoms with Crippen molar-refractivity contribution in [1.82, 2.24) is 9.47 Å². The minimum Gasteiger partial charge on any atom is -0.380 e. The van der Waals surface area contributed by atoms with Gasteiger partial charge in [0.1, 0.15) is 0 Å². The van der Waals surface area contributed by atoms with Gasteiger partial charge in [-0.15, -0.1) is 6.58 Å². The van der Waals surface area contributed by atoms with E-state index in [4.69, 9.17) is 4.74 Å². The maximum absolute atomic E-state index is 11.7. The second kappa shape index (κ2) is 5.98. The van der Waals surface area contributed by atoms with Gasteiger partial charge in [0.05, 0.1) is 6.10 Å². The molecule has 0 aromatic carbocycles. The molecule has 2 atom stereocenters. The highest BCUT2D eigenvalue weighted by atomic mass is 16.5. The Labute approximate surface area is 107 Å². The lowest BCUT2D eigenvalue weighted by molar-refractivity contribution is 0.109. The van der Waals surface area contributed by atoms with Gasteiger partial charge in [0.25, 0.3) is 5.56 Å². The summed E-state index contributed by atoms with van der Waals surface area (Å²) in [6.45, 7) is 6.25. The van der Waals surface area contributed by atoms with E-state index >= 15 is 0 Å². The highest BCUT2D eigenvalue weighted by Gasteiger charge is 2.31. The molecule has 18 heavy (non-hydrogen) atoms. The van der Waals surface area contributed by atoms with Crippen molar-refractivity contribution in [3.05, 3.63) is 47.4 Å². The highest BCUT2D eigenvalue weighted by Crippen LogP contribution is 2.20. The van der Waals surface area contributed by atoms with Crippen molar-refractivity contribution in [1.29, 1.82) is 0 Å². The summed E-state index contributed by atoms with van der Waals surface area (Å²) < 4.78 is 7.19. The van der Waals surface area contributed by atoms with E-state index in [0.29, 0.717) is 12.6 Å². The van der Waals surface area contributed by atoms with Gasteiger partial charge in [-0.3, -0.25) is 9.69 Å². The lowest BCUT2D eigenvalue weighted by Crippen LogP contribution is -2.35. The monoisotopic (exact) mass is 248 g/mol. The van der Waals surface area contributed by atoms with Crippen LogP contribution < -0.4 is 5.56 Å². The van der Waals surface area contributed by atoms with Gasteiger partial charge in [0, 0.05) is 45.0 Å². The zero-order chi connectivity index (χ0) is 13.0. The molecule has 1 aliphatic heterocycles. The van der Waals surface area contributed by atoms with E-state index in [2.05, 4.69) is 11.5 Å². The average molecular weight is 248 g/mol. The SMILES string of the molecule is C=CCN1C[C@H](OC)CC1Cn1ccccc1=O. The molecular weight excluding hydrogens is 228 g/mol. The van der Waals surface area contributed by atoms with Crippen molar-refractivity contribution in [2.24, 2.45) is 0 Å². The van der Waals surface area contributed by atoms with Crippen LogP contribution in [0.5, 0.6) is 0 Å². The standard InChI is InChI=1S/C14H20N2O2/c1-3-7-15-11-13(18-2)9-12(15)10-16-8-5-4-6-14(16)17/h3-6,8,12-13H,1,7,9-11H2,2H3/t12?,13-/m1/s1. The predicted molar refractivity (Wildman–Crippen MR) is 71.7 cm³/mol. The van der Waals surface area contributed by atoms with Crippen LogP contribution in [0, 0.1) is 0 Å². The van der Waals surface area contributed by atoms with Gasteiger partial charge in [-0.1, -0.05) is 12.1 Å². The molecule has 0 amide bonds. The molecule has 0 saturated carbocycles. The molecule has 0 aliphatic carbocycles. The Hall–Kier alpha value is -1.39. The minimum atomic E-state index is 0.0527. The third-order valence-electron chi connectivity index (χ3n) is 3.49. The Morgan fingerprint density at radius 2 is 2.39 bits per heavy atom. The number of likely N-dealkylation sites (tertiary alicyclic amines) is 1. The van der Waals surface area contributed by atoms with Crippen LogP contribution in [0.3, 0.4) is 0 Å². The van der Waals surface area contributed by atoms with Crippen molar-refractivity contribution in [2.75, 3.05) is 20.2 Å². The second-order valence-electron chi connectivity index (χ2n) is 4.68. The summed E-state index contributed by atoms with van der Waals surface area (Å²) in [6.07, 6.45) is 4.97. The van der Waals surface area contributed by atoms with Gasteiger partial charge < -0.3 is 9.30 Å². The molecule has 4 heteroatoms. The third kappa shape index (κ3) is 2.89. The summed E-state index contributed by atoms with van der Waals surface area (Å²) in [5.74, 6) is 0. The van der Waals surface area contributed by atoms with Gasteiger partial charge >= 0.3 is 0 Å². The molecule has 0 radical (unpaired) electrons. The number of ether oxygens (including phenoxy) is 1. The van der Waals surface area contributed by atoms with Crippen molar-refractivity contribution >= 4 is 0 Å².